The number of carbonyl (C=O) groups is 1. The van der Waals surface area contributed by atoms with E-state index in [9.17, 15) is 4.79 Å². The van der Waals surface area contributed by atoms with Gasteiger partial charge in [0.05, 0.1) is 13.2 Å². The SMILES string of the molecule is COc1ccc2c(c1)CCN1O[C@@]3(C[C@H]21)C(=O)O[C@@H]1O[C@@]2(C)CC[C@H]4[C@H](C)CC[C@@H]3[C@@]14O2. The molecule has 0 aromatic heterocycles. The van der Waals surface area contributed by atoms with Gasteiger partial charge in [0.15, 0.2) is 11.4 Å². The van der Waals surface area contributed by atoms with Crippen LogP contribution < -0.4 is 4.74 Å². The maximum atomic E-state index is 13.7. The summed E-state index contributed by atoms with van der Waals surface area (Å²) in [6, 6.07) is 6.27. The van der Waals surface area contributed by atoms with Crippen LogP contribution in [0.3, 0.4) is 0 Å². The van der Waals surface area contributed by atoms with Crippen molar-refractivity contribution in [3.05, 3.63) is 29.3 Å². The molecule has 2 spiro atoms. The van der Waals surface area contributed by atoms with Crippen molar-refractivity contribution in [1.29, 1.82) is 0 Å². The first kappa shape index (κ1) is 19.8. The summed E-state index contributed by atoms with van der Waals surface area (Å²) in [6.07, 6.45) is 4.65. The molecular formula is C25H31NO6. The van der Waals surface area contributed by atoms with E-state index in [1.54, 1.807) is 7.11 Å². The molecule has 7 rings (SSSR count). The molecule has 1 aliphatic carbocycles. The number of ether oxygens (including phenoxy) is 4. The van der Waals surface area contributed by atoms with E-state index in [1.165, 1.54) is 11.1 Å². The van der Waals surface area contributed by atoms with Crippen molar-refractivity contribution >= 4 is 5.97 Å². The Morgan fingerprint density at radius 3 is 2.94 bits per heavy atom. The zero-order chi connectivity index (χ0) is 21.9. The van der Waals surface area contributed by atoms with Crippen LogP contribution in [0.1, 0.15) is 63.1 Å². The van der Waals surface area contributed by atoms with Crippen molar-refractivity contribution in [2.45, 2.75) is 81.7 Å². The number of carbonyl (C=O) groups excluding carboxylic acids is 1. The summed E-state index contributed by atoms with van der Waals surface area (Å²) in [5.41, 5.74) is 0.856. The maximum absolute atomic E-state index is 13.7. The molecule has 0 unspecified atom stereocenters. The van der Waals surface area contributed by atoms with Crippen LogP contribution in [0.5, 0.6) is 5.75 Å². The smallest absolute Gasteiger partial charge is 0.343 e. The van der Waals surface area contributed by atoms with Crippen LogP contribution in [0.15, 0.2) is 18.2 Å². The third kappa shape index (κ3) is 2.28. The fourth-order valence-electron chi connectivity index (χ4n) is 7.87. The second-order valence-electron chi connectivity index (χ2n) is 10.9. The lowest BCUT2D eigenvalue weighted by Crippen LogP contribution is -2.71. The van der Waals surface area contributed by atoms with E-state index in [0.29, 0.717) is 18.3 Å². The van der Waals surface area contributed by atoms with Crippen LogP contribution in [-0.2, 0) is 30.3 Å². The normalized spacial score (nSPS) is 48.7. The van der Waals surface area contributed by atoms with E-state index in [2.05, 4.69) is 19.1 Å². The number of fused-ring (bicyclic) bond motifs is 5. The molecule has 8 atom stereocenters. The van der Waals surface area contributed by atoms with Crippen molar-refractivity contribution in [3.63, 3.8) is 0 Å². The van der Waals surface area contributed by atoms with E-state index in [4.69, 9.17) is 23.8 Å². The van der Waals surface area contributed by atoms with Gasteiger partial charge in [-0.25, -0.2) is 4.79 Å². The van der Waals surface area contributed by atoms with Gasteiger partial charge in [0, 0.05) is 25.3 Å². The van der Waals surface area contributed by atoms with E-state index in [0.717, 1.165) is 44.4 Å². The van der Waals surface area contributed by atoms with E-state index < -0.39 is 23.3 Å². The predicted molar refractivity (Wildman–Crippen MR) is 112 cm³/mol. The van der Waals surface area contributed by atoms with Crippen molar-refractivity contribution < 1.29 is 28.6 Å². The fraction of sp³-hybridized carbons (Fsp3) is 0.720. The lowest BCUT2D eigenvalue weighted by molar-refractivity contribution is -0.319. The highest BCUT2D eigenvalue weighted by Crippen LogP contribution is 2.66. The Kier molecular flexibility index (Phi) is 3.87. The standard InChI is InChI=1S/C25H31NO6/c1-14-4-7-20-24(21(27)29-22-25(20)18(14)8-10-23(2,30-22)31-25)13-19-17-6-5-16(28-3)12-15(17)9-11-26(19)32-24/h5-6,12,14,18-20,22H,4,7-11,13H2,1-3H3/t14-,18+,19-,20+,22-,23-,24-,25-/m1/s1. The quantitative estimate of drug-likeness (QED) is 0.618. The van der Waals surface area contributed by atoms with Crippen LogP contribution in [0.2, 0.25) is 0 Å². The van der Waals surface area contributed by atoms with Gasteiger partial charge in [-0.05, 0) is 67.7 Å². The first-order chi connectivity index (χ1) is 15.4. The summed E-state index contributed by atoms with van der Waals surface area (Å²) >= 11 is 0. The first-order valence-corrected chi connectivity index (χ1v) is 12.1. The number of methoxy groups -OCH3 is 1. The number of hydrogen-bond donors (Lipinski definition) is 0. The van der Waals surface area contributed by atoms with Crippen molar-refractivity contribution in [2.75, 3.05) is 13.7 Å². The van der Waals surface area contributed by atoms with Gasteiger partial charge >= 0.3 is 5.97 Å². The molecule has 7 heteroatoms. The Bertz CT molecular complexity index is 999. The Morgan fingerprint density at radius 2 is 2.09 bits per heavy atom. The molecule has 32 heavy (non-hydrogen) atoms. The number of esters is 1. The maximum Gasteiger partial charge on any atom is 0.343 e. The molecule has 1 aromatic rings. The number of rotatable bonds is 1. The Morgan fingerprint density at radius 1 is 1.22 bits per heavy atom. The molecule has 0 amide bonds. The third-order valence-electron chi connectivity index (χ3n) is 9.31. The number of benzene rings is 1. The zero-order valence-electron chi connectivity index (χ0n) is 19.0. The summed E-state index contributed by atoms with van der Waals surface area (Å²) in [7, 11) is 1.69. The Labute approximate surface area is 188 Å². The highest BCUT2D eigenvalue weighted by atomic mass is 16.9. The predicted octanol–water partition coefficient (Wildman–Crippen LogP) is 3.51. The number of hydroxylamine groups is 2. The van der Waals surface area contributed by atoms with Crippen LogP contribution in [0, 0.1) is 17.8 Å². The number of nitrogens with zero attached hydrogens (tertiary/aromatic N) is 1. The monoisotopic (exact) mass is 441 g/mol. The van der Waals surface area contributed by atoms with Crippen LogP contribution >= 0.6 is 0 Å². The van der Waals surface area contributed by atoms with Gasteiger partial charge in [-0.3, -0.25) is 4.84 Å². The summed E-state index contributed by atoms with van der Waals surface area (Å²) in [5.74, 6) is 0.645. The molecule has 7 nitrogen and oxygen atoms in total. The van der Waals surface area contributed by atoms with E-state index in [-0.39, 0.29) is 17.9 Å². The minimum atomic E-state index is -1.02. The topological polar surface area (TPSA) is 66.5 Å². The number of hydrogen-bond acceptors (Lipinski definition) is 7. The minimum Gasteiger partial charge on any atom is -0.497 e. The van der Waals surface area contributed by atoms with Gasteiger partial charge in [-0.15, -0.1) is 0 Å². The lowest BCUT2D eigenvalue weighted by Gasteiger charge is -2.58. The van der Waals surface area contributed by atoms with Gasteiger partial charge in [0.2, 0.25) is 6.29 Å². The molecular weight excluding hydrogens is 410 g/mol. The second kappa shape index (κ2) is 6.26. The molecule has 6 aliphatic rings. The van der Waals surface area contributed by atoms with Crippen molar-refractivity contribution in [2.24, 2.45) is 17.8 Å². The summed E-state index contributed by atoms with van der Waals surface area (Å²) in [5, 5.41) is 2.03. The highest BCUT2D eigenvalue weighted by Gasteiger charge is 2.78. The molecule has 4 saturated heterocycles. The molecule has 172 valence electrons. The van der Waals surface area contributed by atoms with Gasteiger partial charge in [0.25, 0.3) is 0 Å². The zero-order valence-corrected chi connectivity index (χ0v) is 19.0. The van der Waals surface area contributed by atoms with Crippen LogP contribution in [-0.4, -0.2) is 48.0 Å². The molecule has 5 heterocycles. The van der Waals surface area contributed by atoms with Gasteiger partial charge in [0.1, 0.15) is 11.4 Å². The molecule has 5 fully saturated rings. The van der Waals surface area contributed by atoms with Gasteiger partial charge in [-0.2, -0.15) is 5.06 Å². The lowest BCUT2D eigenvalue weighted by atomic mass is 9.55. The molecule has 1 aromatic carbocycles. The average molecular weight is 442 g/mol. The van der Waals surface area contributed by atoms with Gasteiger partial charge in [-0.1, -0.05) is 13.0 Å². The van der Waals surface area contributed by atoms with Gasteiger partial charge < -0.3 is 18.9 Å². The molecule has 0 N–H and O–H groups in total. The molecule has 1 saturated carbocycles. The fourth-order valence-corrected chi connectivity index (χ4v) is 7.87. The summed E-state index contributed by atoms with van der Waals surface area (Å²) in [4.78, 5) is 20.3. The van der Waals surface area contributed by atoms with Crippen LogP contribution in [0.25, 0.3) is 0 Å². The summed E-state index contributed by atoms with van der Waals surface area (Å²) in [6.45, 7) is 5.05. The highest BCUT2D eigenvalue weighted by molar-refractivity contribution is 5.82. The van der Waals surface area contributed by atoms with Crippen molar-refractivity contribution in [3.8, 4) is 5.75 Å². The van der Waals surface area contributed by atoms with E-state index >= 15 is 0 Å². The average Bonchev–Trinajstić information content (AvgIpc) is 3.27. The van der Waals surface area contributed by atoms with E-state index in [1.807, 2.05) is 18.1 Å². The first-order valence-electron chi connectivity index (χ1n) is 12.1. The molecule has 5 aliphatic heterocycles. The van der Waals surface area contributed by atoms with Crippen molar-refractivity contribution in [1.82, 2.24) is 5.06 Å². The third-order valence-corrected chi connectivity index (χ3v) is 9.31. The summed E-state index contributed by atoms with van der Waals surface area (Å²) < 4.78 is 24.6. The van der Waals surface area contributed by atoms with Crippen LogP contribution in [0.4, 0.5) is 0 Å². The molecule has 2 bridgehead atoms. The second-order valence-corrected chi connectivity index (χ2v) is 10.9. The molecule has 0 radical (unpaired) electrons. The minimum absolute atomic E-state index is 0.0280. The Hall–Kier alpha value is -1.67. The Balaban J connectivity index is 1.32. The largest absolute Gasteiger partial charge is 0.497 e.